The third kappa shape index (κ3) is 4.51. The van der Waals surface area contributed by atoms with Gasteiger partial charge in [-0.25, -0.2) is 17.6 Å². The molecule has 1 aromatic rings. The highest BCUT2D eigenvalue weighted by atomic mass is 32.2. The minimum atomic E-state index is -3.27. The van der Waals surface area contributed by atoms with Gasteiger partial charge in [-0.1, -0.05) is 0 Å². The van der Waals surface area contributed by atoms with Gasteiger partial charge in [0.2, 0.25) is 0 Å². The van der Waals surface area contributed by atoms with E-state index in [1.165, 1.54) is 6.07 Å². The van der Waals surface area contributed by atoms with Crippen molar-refractivity contribution >= 4 is 21.5 Å². The monoisotopic (exact) mass is 289 g/mol. The highest BCUT2D eigenvalue weighted by molar-refractivity contribution is 7.91. The van der Waals surface area contributed by atoms with Crippen LogP contribution in [0.4, 0.5) is 10.1 Å². The molecule has 0 amide bonds. The van der Waals surface area contributed by atoms with E-state index in [0.29, 0.717) is 0 Å². The lowest BCUT2D eigenvalue weighted by atomic mass is 10.2. The van der Waals surface area contributed by atoms with Crippen LogP contribution >= 0.6 is 0 Å². The molecule has 0 aromatic heterocycles. The van der Waals surface area contributed by atoms with Crippen LogP contribution in [0.1, 0.15) is 24.2 Å². The highest BCUT2D eigenvalue weighted by Crippen LogP contribution is 2.12. The Hall–Kier alpha value is -1.63. The predicted molar refractivity (Wildman–Crippen MR) is 70.0 cm³/mol. The fourth-order valence-corrected chi connectivity index (χ4v) is 2.09. The van der Waals surface area contributed by atoms with Crippen molar-refractivity contribution in [3.8, 4) is 0 Å². The first-order valence-electron chi connectivity index (χ1n) is 5.67. The van der Waals surface area contributed by atoms with Gasteiger partial charge in [-0.05, 0) is 32.0 Å². The lowest BCUT2D eigenvalue weighted by Crippen LogP contribution is -2.22. The lowest BCUT2D eigenvalue weighted by molar-refractivity contribution is 0.0528. The number of anilines is 1. The molecular formula is C12H16FNO4S. The number of hydrogen-bond acceptors (Lipinski definition) is 5. The molecule has 0 fully saturated rings. The zero-order chi connectivity index (χ0) is 14.6. The first-order chi connectivity index (χ1) is 8.72. The zero-order valence-corrected chi connectivity index (χ0v) is 11.5. The summed E-state index contributed by atoms with van der Waals surface area (Å²) in [7, 11) is -3.27. The van der Waals surface area contributed by atoms with Crippen LogP contribution < -0.4 is 5.73 Å². The van der Waals surface area contributed by atoms with E-state index in [4.69, 9.17) is 10.5 Å². The molecule has 0 saturated carbocycles. The molecule has 1 aromatic carbocycles. The van der Waals surface area contributed by atoms with Crippen molar-refractivity contribution in [2.24, 2.45) is 0 Å². The van der Waals surface area contributed by atoms with E-state index in [1.807, 2.05) is 0 Å². The first-order valence-corrected chi connectivity index (χ1v) is 7.38. The summed E-state index contributed by atoms with van der Waals surface area (Å²) >= 11 is 0. The van der Waals surface area contributed by atoms with Gasteiger partial charge in [0.05, 0.1) is 16.6 Å². The summed E-state index contributed by atoms with van der Waals surface area (Å²) in [5.41, 5.74) is 5.45. The van der Waals surface area contributed by atoms with Gasteiger partial charge in [0.25, 0.3) is 0 Å². The molecule has 0 bridgehead atoms. The van der Waals surface area contributed by atoms with E-state index < -0.39 is 26.9 Å². The second-order valence-electron chi connectivity index (χ2n) is 4.32. The molecule has 0 spiro atoms. The Kier molecular flexibility index (Phi) is 4.88. The fraction of sp³-hybridized carbons (Fsp3) is 0.417. The lowest BCUT2D eigenvalue weighted by Gasteiger charge is -2.08. The van der Waals surface area contributed by atoms with Crippen LogP contribution in [-0.2, 0) is 14.6 Å². The van der Waals surface area contributed by atoms with Crippen molar-refractivity contribution in [2.75, 3.05) is 18.1 Å². The fourth-order valence-electron chi connectivity index (χ4n) is 1.30. The van der Waals surface area contributed by atoms with Crippen molar-refractivity contribution in [1.29, 1.82) is 0 Å². The number of ether oxygens (including phenoxy) is 1. The van der Waals surface area contributed by atoms with Crippen molar-refractivity contribution in [2.45, 2.75) is 19.1 Å². The summed E-state index contributed by atoms with van der Waals surface area (Å²) in [6.45, 7) is 2.82. The maximum Gasteiger partial charge on any atom is 0.338 e. The Bertz CT molecular complexity index is 549. The topological polar surface area (TPSA) is 86.5 Å². The molecule has 0 saturated heterocycles. The molecule has 0 unspecified atom stereocenters. The van der Waals surface area contributed by atoms with Gasteiger partial charge in [-0.2, -0.15) is 0 Å². The average molecular weight is 289 g/mol. The van der Waals surface area contributed by atoms with E-state index >= 15 is 0 Å². The van der Waals surface area contributed by atoms with Crippen molar-refractivity contribution < 1.29 is 22.3 Å². The maximum absolute atomic E-state index is 13.0. The average Bonchev–Trinajstić information content (AvgIpc) is 2.27. The molecule has 0 heterocycles. The number of halogens is 1. The van der Waals surface area contributed by atoms with Crippen LogP contribution in [0.3, 0.4) is 0 Å². The van der Waals surface area contributed by atoms with Crippen molar-refractivity contribution in [1.82, 2.24) is 0 Å². The quantitative estimate of drug-likeness (QED) is 0.654. The van der Waals surface area contributed by atoms with Crippen LogP contribution in [0.2, 0.25) is 0 Å². The second-order valence-corrected chi connectivity index (χ2v) is 7.00. The molecule has 1 rings (SSSR count). The van der Waals surface area contributed by atoms with Crippen LogP contribution in [0.5, 0.6) is 0 Å². The van der Waals surface area contributed by atoms with E-state index in [-0.39, 0.29) is 23.6 Å². The molecule has 19 heavy (non-hydrogen) atoms. The Balaban J connectivity index is 2.62. The van der Waals surface area contributed by atoms with Gasteiger partial charge in [-0.15, -0.1) is 0 Å². The summed E-state index contributed by atoms with van der Waals surface area (Å²) in [5, 5.41) is -0.531. The van der Waals surface area contributed by atoms with Crippen LogP contribution in [0.25, 0.3) is 0 Å². The predicted octanol–water partition coefficient (Wildman–Crippen LogP) is 1.39. The highest BCUT2D eigenvalue weighted by Gasteiger charge is 2.17. The zero-order valence-electron chi connectivity index (χ0n) is 10.7. The molecule has 106 valence electrons. The van der Waals surface area contributed by atoms with Gasteiger partial charge in [0, 0.05) is 5.69 Å². The van der Waals surface area contributed by atoms with E-state index in [2.05, 4.69) is 0 Å². The smallest absolute Gasteiger partial charge is 0.338 e. The van der Waals surface area contributed by atoms with E-state index in [1.54, 1.807) is 13.8 Å². The third-order valence-corrected chi connectivity index (χ3v) is 4.65. The number of sulfone groups is 1. The van der Waals surface area contributed by atoms with Crippen molar-refractivity contribution in [3.05, 3.63) is 29.6 Å². The Labute approximate surface area is 111 Å². The Morgan fingerprint density at radius 1 is 1.37 bits per heavy atom. The summed E-state index contributed by atoms with van der Waals surface area (Å²) in [6.07, 6.45) is 0. The number of benzene rings is 1. The number of hydrogen-bond donors (Lipinski definition) is 1. The van der Waals surface area contributed by atoms with Gasteiger partial charge >= 0.3 is 5.97 Å². The molecular weight excluding hydrogens is 273 g/mol. The normalized spacial score (nSPS) is 11.6. The van der Waals surface area contributed by atoms with Gasteiger partial charge in [-0.3, -0.25) is 0 Å². The largest absolute Gasteiger partial charge is 0.461 e. The molecule has 0 radical (unpaired) electrons. The van der Waals surface area contributed by atoms with Gasteiger partial charge < -0.3 is 10.5 Å². The first kappa shape index (κ1) is 15.4. The number of esters is 1. The summed E-state index contributed by atoms with van der Waals surface area (Å²) in [4.78, 5) is 11.6. The van der Waals surface area contributed by atoms with Gasteiger partial charge in [0.1, 0.15) is 12.4 Å². The molecule has 0 aliphatic heterocycles. The van der Waals surface area contributed by atoms with Crippen LogP contribution in [-0.4, -0.2) is 32.0 Å². The standard InChI is InChI=1S/C12H16FNO4S/c1-8(2)19(16,17)4-3-18-12(15)9-5-10(13)7-11(14)6-9/h5-8H,3-4,14H2,1-2H3. The van der Waals surface area contributed by atoms with E-state index in [0.717, 1.165) is 12.1 Å². The minimum Gasteiger partial charge on any atom is -0.461 e. The molecule has 0 aliphatic carbocycles. The second kappa shape index (κ2) is 6.01. The number of carbonyl (C=O) groups is 1. The Morgan fingerprint density at radius 3 is 2.53 bits per heavy atom. The molecule has 0 aliphatic rings. The maximum atomic E-state index is 13.0. The minimum absolute atomic E-state index is 0.0422. The SMILES string of the molecule is CC(C)S(=O)(=O)CCOC(=O)c1cc(N)cc(F)c1. The van der Waals surface area contributed by atoms with E-state index in [9.17, 15) is 17.6 Å². The summed E-state index contributed by atoms with van der Waals surface area (Å²) in [5.74, 6) is -1.71. The summed E-state index contributed by atoms with van der Waals surface area (Å²) in [6, 6.07) is 3.32. The number of rotatable bonds is 5. The number of carbonyl (C=O) groups excluding carboxylic acids is 1. The van der Waals surface area contributed by atoms with Crippen LogP contribution in [0.15, 0.2) is 18.2 Å². The van der Waals surface area contributed by atoms with Crippen molar-refractivity contribution in [3.63, 3.8) is 0 Å². The molecule has 7 heteroatoms. The molecule has 0 atom stereocenters. The molecule has 2 N–H and O–H groups in total. The Morgan fingerprint density at radius 2 is 2.00 bits per heavy atom. The summed E-state index contributed by atoms with van der Waals surface area (Å²) < 4.78 is 40.8. The number of nitrogen functional groups attached to an aromatic ring is 1. The van der Waals surface area contributed by atoms with Gasteiger partial charge in [0.15, 0.2) is 9.84 Å². The van der Waals surface area contributed by atoms with Crippen LogP contribution in [0, 0.1) is 5.82 Å². The molecule has 5 nitrogen and oxygen atoms in total. The number of nitrogens with two attached hydrogens (primary N) is 1. The third-order valence-electron chi connectivity index (χ3n) is 2.48.